The summed E-state index contributed by atoms with van der Waals surface area (Å²) in [6, 6.07) is 5.99. The van der Waals surface area contributed by atoms with Crippen molar-refractivity contribution in [3.8, 4) is 0 Å². The number of fused-ring (bicyclic) bond motifs is 1. The van der Waals surface area contributed by atoms with E-state index in [0.29, 0.717) is 0 Å². The molecule has 1 fully saturated rings. The van der Waals surface area contributed by atoms with E-state index in [1.54, 1.807) is 0 Å². The van der Waals surface area contributed by atoms with E-state index >= 15 is 0 Å². The van der Waals surface area contributed by atoms with Crippen molar-refractivity contribution in [3.05, 3.63) is 29.3 Å². The van der Waals surface area contributed by atoms with Gasteiger partial charge in [-0.3, -0.25) is 4.79 Å². The van der Waals surface area contributed by atoms with Crippen LogP contribution in [0.3, 0.4) is 0 Å². The Hall–Kier alpha value is -1.55. The van der Waals surface area contributed by atoms with Crippen molar-refractivity contribution >= 4 is 11.6 Å². The van der Waals surface area contributed by atoms with Crippen LogP contribution in [0.25, 0.3) is 0 Å². The predicted octanol–water partition coefficient (Wildman–Crippen LogP) is 2.65. The summed E-state index contributed by atoms with van der Waals surface area (Å²) < 4.78 is 0. The van der Waals surface area contributed by atoms with E-state index in [9.17, 15) is 4.79 Å². The van der Waals surface area contributed by atoms with Crippen molar-refractivity contribution in [2.75, 3.05) is 32.5 Å². The maximum atomic E-state index is 12.5. The Bertz CT molecular complexity index is 547. The molecule has 0 bridgehead atoms. The molecule has 4 nitrogen and oxygen atoms in total. The van der Waals surface area contributed by atoms with E-state index in [1.807, 2.05) is 18.2 Å². The number of carbonyl (C=O) groups excluding carboxylic acids is 1. The zero-order chi connectivity index (χ0) is 15.6. The van der Waals surface area contributed by atoms with Crippen molar-refractivity contribution in [2.45, 2.75) is 44.1 Å². The lowest BCUT2D eigenvalue weighted by molar-refractivity contribution is 0.0799. The zero-order valence-corrected chi connectivity index (χ0v) is 13.7. The van der Waals surface area contributed by atoms with Gasteiger partial charge in [0, 0.05) is 29.9 Å². The molecule has 3 rings (SSSR count). The van der Waals surface area contributed by atoms with Gasteiger partial charge in [0.1, 0.15) is 0 Å². The van der Waals surface area contributed by atoms with Crippen molar-refractivity contribution < 1.29 is 4.79 Å². The number of hydrogen-bond donors (Lipinski definition) is 2. The summed E-state index contributed by atoms with van der Waals surface area (Å²) in [6.07, 6.45) is 7.21. The summed E-state index contributed by atoms with van der Waals surface area (Å²) in [7, 11) is 4.27. The first-order valence-electron chi connectivity index (χ1n) is 8.43. The van der Waals surface area contributed by atoms with E-state index in [1.165, 1.54) is 43.4 Å². The third-order valence-corrected chi connectivity index (χ3v) is 5.39. The fourth-order valence-corrected chi connectivity index (χ4v) is 3.78. The highest BCUT2D eigenvalue weighted by atomic mass is 16.1. The topological polar surface area (TPSA) is 44.4 Å². The van der Waals surface area contributed by atoms with E-state index in [0.717, 1.165) is 25.1 Å². The third kappa shape index (κ3) is 2.98. The normalized spacial score (nSPS) is 19.6. The number of nitrogens with one attached hydrogen (secondary N) is 2. The first-order chi connectivity index (χ1) is 10.6. The first kappa shape index (κ1) is 15.3. The minimum atomic E-state index is 0.0569. The fourth-order valence-electron chi connectivity index (χ4n) is 3.78. The molecule has 0 atom stereocenters. The summed E-state index contributed by atoms with van der Waals surface area (Å²) in [6.45, 7) is 1.72. The molecule has 1 aliphatic carbocycles. The Morgan fingerprint density at radius 3 is 2.77 bits per heavy atom. The number of anilines is 1. The Kier molecular flexibility index (Phi) is 4.39. The van der Waals surface area contributed by atoms with Gasteiger partial charge in [-0.1, -0.05) is 19.3 Å². The third-order valence-electron chi connectivity index (χ3n) is 5.39. The highest BCUT2D eigenvalue weighted by Crippen LogP contribution is 2.31. The van der Waals surface area contributed by atoms with Crippen LogP contribution >= 0.6 is 0 Å². The van der Waals surface area contributed by atoms with Gasteiger partial charge in [0.2, 0.25) is 0 Å². The zero-order valence-electron chi connectivity index (χ0n) is 13.7. The highest BCUT2D eigenvalue weighted by Gasteiger charge is 2.34. The second-order valence-corrected chi connectivity index (χ2v) is 6.91. The fraction of sp³-hybridized carbons (Fsp3) is 0.611. The van der Waals surface area contributed by atoms with Crippen LogP contribution < -0.4 is 10.6 Å². The molecule has 1 saturated carbocycles. The van der Waals surface area contributed by atoms with E-state index in [2.05, 4.69) is 29.6 Å². The van der Waals surface area contributed by atoms with Crippen LogP contribution in [0, 0.1) is 0 Å². The number of benzene rings is 1. The van der Waals surface area contributed by atoms with Gasteiger partial charge >= 0.3 is 0 Å². The number of hydrogen-bond acceptors (Lipinski definition) is 3. The Balaban J connectivity index is 1.66. The van der Waals surface area contributed by atoms with Crippen molar-refractivity contribution in [2.24, 2.45) is 0 Å². The molecule has 1 aliphatic heterocycles. The lowest BCUT2D eigenvalue weighted by atomic mass is 9.80. The molecule has 1 heterocycles. The Morgan fingerprint density at radius 1 is 1.27 bits per heavy atom. The van der Waals surface area contributed by atoms with Gasteiger partial charge in [0.05, 0.1) is 0 Å². The molecule has 1 aromatic carbocycles. The number of rotatable bonds is 4. The van der Waals surface area contributed by atoms with Crippen molar-refractivity contribution in [3.63, 3.8) is 0 Å². The highest BCUT2D eigenvalue weighted by molar-refractivity contribution is 5.95. The van der Waals surface area contributed by atoms with Crippen LogP contribution in [0.4, 0.5) is 5.69 Å². The van der Waals surface area contributed by atoms with Crippen LogP contribution in [0.15, 0.2) is 18.2 Å². The molecule has 120 valence electrons. The standard InChI is InChI=1S/C18H27N3O/c1-21(2)18(9-4-3-5-10-18)13-20-17(22)15-6-7-16-14(12-15)8-11-19-16/h6-7,12,19H,3-5,8-11,13H2,1-2H3,(H,20,22). The lowest BCUT2D eigenvalue weighted by Gasteiger charge is -2.43. The molecule has 2 aliphatic rings. The molecular weight excluding hydrogens is 274 g/mol. The van der Waals surface area contributed by atoms with E-state index < -0.39 is 0 Å². The van der Waals surface area contributed by atoms with Crippen molar-refractivity contribution in [1.29, 1.82) is 0 Å². The van der Waals surface area contributed by atoms with E-state index in [-0.39, 0.29) is 11.4 Å². The smallest absolute Gasteiger partial charge is 0.251 e. The molecule has 0 aromatic heterocycles. The van der Waals surface area contributed by atoms with Crippen molar-refractivity contribution in [1.82, 2.24) is 10.2 Å². The molecule has 2 N–H and O–H groups in total. The number of nitrogens with zero attached hydrogens (tertiary/aromatic N) is 1. The molecule has 22 heavy (non-hydrogen) atoms. The molecule has 1 amide bonds. The summed E-state index contributed by atoms with van der Waals surface area (Å²) in [4.78, 5) is 14.8. The van der Waals surface area contributed by atoms with Gasteiger partial charge in [-0.15, -0.1) is 0 Å². The van der Waals surface area contributed by atoms with Gasteiger partial charge in [-0.25, -0.2) is 0 Å². The maximum Gasteiger partial charge on any atom is 0.251 e. The second-order valence-electron chi connectivity index (χ2n) is 6.91. The molecule has 4 heteroatoms. The van der Waals surface area contributed by atoms with Gasteiger partial charge in [-0.2, -0.15) is 0 Å². The predicted molar refractivity (Wildman–Crippen MR) is 90.5 cm³/mol. The number of amides is 1. The van der Waals surface area contributed by atoms with Crippen LogP contribution in [0.1, 0.15) is 48.0 Å². The molecule has 0 radical (unpaired) electrons. The van der Waals surface area contributed by atoms with Gasteiger partial charge in [-0.05, 0) is 57.1 Å². The average molecular weight is 301 g/mol. The van der Waals surface area contributed by atoms with Gasteiger partial charge < -0.3 is 15.5 Å². The summed E-state index contributed by atoms with van der Waals surface area (Å²) in [5, 5.41) is 6.51. The molecular formula is C18H27N3O. The van der Waals surface area contributed by atoms with Gasteiger partial charge in [0.15, 0.2) is 0 Å². The first-order valence-corrected chi connectivity index (χ1v) is 8.43. The number of likely N-dealkylation sites (N-methyl/N-ethyl adjacent to an activating group) is 1. The minimum absolute atomic E-state index is 0.0569. The van der Waals surface area contributed by atoms with E-state index in [4.69, 9.17) is 0 Å². The SMILES string of the molecule is CN(C)C1(CNC(=O)c2ccc3c(c2)CCN3)CCCCC1. The monoisotopic (exact) mass is 301 g/mol. The van der Waals surface area contributed by atoms with Crippen LogP contribution in [0.5, 0.6) is 0 Å². The largest absolute Gasteiger partial charge is 0.384 e. The Morgan fingerprint density at radius 2 is 2.05 bits per heavy atom. The lowest BCUT2D eigenvalue weighted by Crippen LogP contribution is -2.53. The minimum Gasteiger partial charge on any atom is -0.384 e. The van der Waals surface area contributed by atoms with Crippen LogP contribution in [0.2, 0.25) is 0 Å². The summed E-state index contributed by atoms with van der Waals surface area (Å²) in [5.41, 5.74) is 3.35. The second kappa shape index (κ2) is 6.29. The van der Waals surface area contributed by atoms with Crippen LogP contribution in [-0.2, 0) is 6.42 Å². The average Bonchev–Trinajstić information content (AvgIpc) is 3.01. The maximum absolute atomic E-state index is 12.5. The molecule has 0 spiro atoms. The summed E-state index contributed by atoms with van der Waals surface area (Å²) in [5.74, 6) is 0.0569. The molecule has 1 aromatic rings. The summed E-state index contributed by atoms with van der Waals surface area (Å²) >= 11 is 0. The van der Waals surface area contributed by atoms with Crippen LogP contribution in [-0.4, -0.2) is 43.5 Å². The Labute approximate surface area is 133 Å². The molecule has 0 unspecified atom stereocenters. The quantitative estimate of drug-likeness (QED) is 0.898. The van der Waals surface area contributed by atoms with Gasteiger partial charge in [0.25, 0.3) is 5.91 Å². The number of carbonyl (C=O) groups is 1. The molecule has 0 saturated heterocycles.